The summed E-state index contributed by atoms with van der Waals surface area (Å²) in [6.07, 6.45) is 0. The van der Waals surface area contributed by atoms with Gasteiger partial charge >= 0.3 is 5.97 Å². The molecule has 0 unspecified atom stereocenters. The molecule has 104 valence electrons. The average molecular weight is 335 g/mol. The first-order valence-corrected chi connectivity index (χ1v) is 6.94. The zero-order valence-corrected chi connectivity index (χ0v) is 12.9. The van der Waals surface area contributed by atoms with Gasteiger partial charge in [-0.1, -0.05) is 34.1 Å². The van der Waals surface area contributed by atoms with E-state index in [9.17, 15) is 9.90 Å². The van der Waals surface area contributed by atoms with Crippen molar-refractivity contribution < 1.29 is 9.90 Å². The molecule has 1 aromatic carbocycles. The summed E-state index contributed by atoms with van der Waals surface area (Å²) in [6.45, 7) is 2.43. The van der Waals surface area contributed by atoms with E-state index in [4.69, 9.17) is 0 Å². The van der Waals surface area contributed by atoms with Crippen molar-refractivity contribution in [2.24, 2.45) is 0 Å². The number of nitrogens with zero attached hydrogens (tertiary/aromatic N) is 2. The Morgan fingerprint density at radius 2 is 2.00 bits per heavy atom. The molecule has 0 aliphatic carbocycles. The van der Waals surface area contributed by atoms with Gasteiger partial charge in [0.2, 0.25) is 0 Å². The number of hydrogen-bond donors (Lipinski definition) is 1. The van der Waals surface area contributed by atoms with Gasteiger partial charge in [-0.25, -0.2) is 9.78 Å². The van der Waals surface area contributed by atoms with Crippen molar-refractivity contribution >= 4 is 27.7 Å². The van der Waals surface area contributed by atoms with E-state index >= 15 is 0 Å². The number of aromatic nitrogens is 1. The van der Waals surface area contributed by atoms with Crippen LogP contribution in [-0.4, -0.2) is 23.1 Å². The summed E-state index contributed by atoms with van der Waals surface area (Å²) in [7, 11) is 1.84. The topological polar surface area (TPSA) is 53.4 Å². The van der Waals surface area contributed by atoms with Crippen molar-refractivity contribution in [3.63, 3.8) is 0 Å². The monoisotopic (exact) mass is 334 g/mol. The summed E-state index contributed by atoms with van der Waals surface area (Å²) in [4.78, 5) is 17.5. The fourth-order valence-electron chi connectivity index (χ4n) is 1.96. The van der Waals surface area contributed by atoms with Crippen LogP contribution in [0.15, 0.2) is 40.9 Å². The van der Waals surface area contributed by atoms with Crippen molar-refractivity contribution in [3.05, 3.63) is 57.7 Å². The van der Waals surface area contributed by atoms with Gasteiger partial charge in [-0.3, -0.25) is 0 Å². The molecule has 0 amide bonds. The molecule has 0 spiro atoms. The number of aryl methyl sites for hydroxylation is 1. The third-order valence-corrected chi connectivity index (χ3v) is 3.75. The van der Waals surface area contributed by atoms with Gasteiger partial charge in [-0.2, -0.15) is 0 Å². The predicted molar refractivity (Wildman–Crippen MR) is 82.2 cm³/mol. The van der Waals surface area contributed by atoms with Crippen molar-refractivity contribution in [2.75, 3.05) is 11.9 Å². The molecule has 0 bridgehead atoms. The first-order chi connectivity index (χ1) is 9.49. The van der Waals surface area contributed by atoms with Crippen LogP contribution in [0.2, 0.25) is 0 Å². The van der Waals surface area contributed by atoms with Crippen molar-refractivity contribution in [3.8, 4) is 0 Å². The van der Waals surface area contributed by atoms with E-state index < -0.39 is 5.97 Å². The van der Waals surface area contributed by atoms with E-state index in [0.29, 0.717) is 12.4 Å². The van der Waals surface area contributed by atoms with Crippen LogP contribution < -0.4 is 4.90 Å². The lowest BCUT2D eigenvalue weighted by molar-refractivity contribution is 0.0697. The van der Waals surface area contributed by atoms with Gasteiger partial charge in [0.15, 0.2) is 0 Å². The average Bonchev–Trinajstić information content (AvgIpc) is 2.40. The summed E-state index contributed by atoms with van der Waals surface area (Å²) < 4.78 is 0.997. The van der Waals surface area contributed by atoms with E-state index in [1.165, 1.54) is 0 Å². The number of hydrogen-bond acceptors (Lipinski definition) is 3. The van der Waals surface area contributed by atoms with Crippen LogP contribution in [0.5, 0.6) is 0 Å². The number of carboxylic acid groups (broad SMARTS) is 1. The second-order valence-electron chi connectivity index (χ2n) is 4.58. The highest BCUT2D eigenvalue weighted by Gasteiger charge is 2.16. The number of carbonyl (C=O) groups is 1. The van der Waals surface area contributed by atoms with E-state index in [-0.39, 0.29) is 5.56 Å². The zero-order chi connectivity index (χ0) is 14.7. The van der Waals surface area contributed by atoms with E-state index in [1.807, 2.05) is 43.1 Å². The highest BCUT2D eigenvalue weighted by molar-refractivity contribution is 9.10. The lowest BCUT2D eigenvalue weighted by Crippen LogP contribution is -2.21. The fourth-order valence-corrected chi connectivity index (χ4v) is 2.37. The van der Waals surface area contributed by atoms with Crippen LogP contribution >= 0.6 is 15.9 Å². The second-order valence-corrected chi connectivity index (χ2v) is 5.43. The molecule has 0 aliphatic rings. The van der Waals surface area contributed by atoms with Gasteiger partial charge in [0, 0.05) is 23.8 Å². The van der Waals surface area contributed by atoms with Crippen LogP contribution in [0.3, 0.4) is 0 Å². The Balaban J connectivity index is 2.34. The molecule has 0 aliphatic heterocycles. The van der Waals surface area contributed by atoms with Crippen LogP contribution in [0.1, 0.15) is 21.6 Å². The molecule has 0 atom stereocenters. The minimum Gasteiger partial charge on any atom is -0.478 e. The lowest BCUT2D eigenvalue weighted by Gasteiger charge is -2.21. The van der Waals surface area contributed by atoms with Gasteiger partial charge in [-0.15, -0.1) is 0 Å². The highest BCUT2D eigenvalue weighted by atomic mass is 79.9. The third-order valence-electron chi connectivity index (χ3n) is 2.97. The molecule has 1 N–H and O–H groups in total. The molecule has 20 heavy (non-hydrogen) atoms. The minimum atomic E-state index is -0.966. The maximum atomic E-state index is 11.3. The number of carboxylic acids is 1. The summed E-state index contributed by atoms with van der Waals surface area (Å²) in [5.74, 6) is -0.486. The van der Waals surface area contributed by atoms with Crippen molar-refractivity contribution in [2.45, 2.75) is 13.5 Å². The molecular weight excluding hydrogens is 320 g/mol. The number of aromatic carboxylic acids is 1. The third kappa shape index (κ3) is 3.17. The van der Waals surface area contributed by atoms with Gasteiger partial charge in [0.25, 0.3) is 0 Å². The van der Waals surface area contributed by atoms with Gasteiger partial charge in [0.05, 0.1) is 0 Å². The van der Waals surface area contributed by atoms with E-state index in [1.54, 1.807) is 12.1 Å². The van der Waals surface area contributed by atoms with Crippen LogP contribution in [0.4, 0.5) is 5.82 Å². The molecule has 2 aromatic rings. The molecule has 0 radical (unpaired) electrons. The largest absolute Gasteiger partial charge is 0.478 e. The summed E-state index contributed by atoms with van der Waals surface area (Å²) in [5, 5.41) is 9.25. The zero-order valence-electron chi connectivity index (χ0n) is 11.3. The SMILES string of the molecule is Cc1ccc(C(=O)O)c(N(C)Cc2ccccc2Br)n1. The smallest absolute Gasteiger partial charge is 0.339 e. The molecule has 4 nitrogen and oxygen atoms in total. The molecule has 0 saturated heterocycles. The van der Waals surface area contributed by atoms with E-state index in [0.717, 1.165) is 15.7 Å². The maximum Gasteiger partial charge on any atom is 0.339 e. The Bertz CT molecular complexity index is 644. The first-order valence-electron chi connectivity index (χ1n) is 6.14. The Morgan fingerprint density at radius 3 is 2.65 bits per heavy atom. The number of halogens is 1. The van der Waals surface area contributed by atoms with Gasteiger partial charge in [0.1, 0.15) is 11.4 Å². The Kier molecular flexibility index (Phi) is 4.39. The molecule has 0 fully saturated rings. The van der Waals surface area contributed by atoms with Crippen molar-refractivity contribution in [1.82, 2.24) is 4.98 Å². The normalized spacial score (nSPS) is 10.3. The second kappa shape index (κ2) is 6.05. The molecule has 0 saturated carbocycles. The predicted octanol–water partition coefficient (Wildman–Crippen LogP) is 3.49. The van der Waals surface area contributed by atoms with Crippen molar-refractivity contribution in [1.29, 1.82) is 0 Å². The number of pyridine rings is 1. The van der Waals surface area contributed by atoms with Gasteiger partial charge < -0.3 is 10.0 Å². The standard InChI is InChI=1S/C15H15BrN2O2/c1-10-7-8-12(15(19)20)14(17-10)18(2)9-11-5-3-4-6-13(11)16/h3-8H,9H2,1-2H3,(H,19,20). The summed E-state index contributed by atoms with van der Waals surface area (Å²) >= 11 is 3.50. The number of rotatable bonds is 4. The molecule has 1 aromatic heterocycles. The fraction of sp³-hybridized carbons (Fsp3) is 0.200. The molecule has 2 rings (SSSR count). The van der Waals surface area contributed by atoms with Crippen LogP contribution in [0.25, 0.3) is 0 Å². The maximum absolute atomic E-state index is 11.3. The summed E-state index contributed by atoms with van der Waals surface area (Å²) in [6, 6.07) is 11.2. The molecular formula is C15H15BrN2O2. The number of benzene rings is 1. The molecule has 1 heterocycles. The molecule has 5 heteroatoms. The number of anilines is 1. The Labute approximate surface area is 126 Å². The Hall–Kier alpha value is -1.88. The first kappa shape index (κ1) is 14.5. The van der Waals surface area contributed by atoms with Gasteiger partial charge in [-0.05, 0) is 30.7 Å². The minimum absolute atomic E-state index is 0.213. The quantitative estimate of drug-likeness (QED) is 0.929. The summed E-state index contributed by atoms with van der Waals surface area (Å²) in [5.41, 5.74) is 2.09. The lowest BCUT2D eigenvalue weighted by atomic mass is 10.2. The van der Waals surface area contributed by atoms with E-state index in [2.05, 4.69) is 20.9 Å². The van der Waals surface area contributed by atoms with Crippen LogP contribution in [-0.2, 0) is 6.54 Å². The Morgan fingerprint density at radius 1 is 1.30 bits per heavy atom. The van der Waals surface area contributed by atoms with Crippen LogP contribution in [0, 0.1) is 6.92 Å². The highest BCUT2D eigenvalue weighted by Crippen LogP contribution is 2.22.